The number of ether oxygens (including phenoxy) is 1. The molecule has 0 bridgehead atoms. The normalized spacial score (nSPS) is 12.8. The van der Waals surface area contributed by atoms with Gasteiger partial charge in [-0.3, -0.25) is 20.4 Å². The molecule has 0 atom stereocenters. The maximum atomic E-state index is 12.1. The fraction of sp³-hybridized carbons (Fsp3) is 0.368. The number of nitrogens with one attached hydrogen (secondary N) is 2. The molecule has 6 heteroatoms. The molecule has 132 valence electrons. The van der Waals surface area contributed by atoms with E-state index in [1.54, 1.807) is 0 Å². The highest BCUT2D eigenvalue weighted by Crippen LogP contribution is 2.30. The standard InChI is InChI=1S/C19H22N2O3S/c1-12(2)13-5-3-7-15(9-13)24-11-18(22)20-21-19(23)17-10-14-6-4-8-16(14)25-17/h3,5,7,9-10,12H,4,6,8,11H2,1-2H3,(H,20,22)(H,21,23). The van der Waals surface area contributed by atoms with E-state index in [0.29, 0.717) is 16.5 Å². The van der Waals surface area contributed by atoms with Crippen LogP contribution in [0.25, 0.3) is 0 Å². The van der Waals surface area contributed by atoms with Gasteiger partial charge in [0.2, 0.25) is 0 Å². The lowest BCUT2D eigenvalue weighted by molar-refractivity contribution is -0.123. The number of carbonyl (C=O) groups is 2. The molecule has 1 heterocycles. The van der Waals surface area contributed by atoms with Gasteiger partial charge in [0, 0.05) is 4.88 Å². The molecule has 0 aliphatic heterocycles. The second kappa shape index (κ2) is 7.70. The average molecular weight is 358 g/mol. The van der Waals surface area contributed by atoms with Gasteiger partial charge in [-0.25, -0.2) is 0 Å². The van der Waals surface area contributed by atoms with E-state index < -0.39 is 5.91 Å². The zero-order valence-corrected chi connectivity index (χ0v) is 15.2. The van der Waals surface area contributed by atoms with Gasteiger partial charge in [-0.15, -0.1) is 11.3 Å². The minimum absolute atomic E-state index is 0.150. The summed E-state index contributed by atoms with van der Waals surface area (Å²) in [4.78, 5) is 25.9. The van der Waals surface area contributed by atoms with E-state index in [0.717, 1.165) is 24.8 Å². The molecule has 0 fully saturated rings. The van der Waals surface area contributed by atoms with E-state index in [1.807, 2.05) is 30.3 Å². The van der Waals surface area contributed by atoms with Crippen LogP contribution in [0.5, 0.6) is 5.75 Å². The number of hydrazine groups is 1. The Kier molecular flexibility index (Phi) is 5.38. The van der Waals surface area contributed by atoms with Gasteiger partial charge in [0.1, 0.15) is 5.75 Å². The fourth-order valence-corrected chi connectivity index (χ4v) is 3.93. The molecular weight excluding hydrogens is 336 g/mol. The average Bonchev–Trinajstić information content (AvgIpc) is 3.20. The zero-order valence-electron chi connectivity index (χ0n) is 14.4. The van der Waals surface area contributed by atoms with E-state index >= 15 is 0 Å². The van der Waals surface area contributed by atoms with Crippen LogP contribution in [0.4, 0.5) is 0 Å². The van der Waals surface area contributed by atoms with Crippen molar-refractivity contribution in [2.75, 3.05) is 6.61 Å². The molecule has 0 saturated heterocycles. The third-order valence-electron chi connectivity index (χ3n) is 4.18. The first-order valence-corrected chi connectivity index (χ1v) is 9.28. The number of hydrogen-bond acceptors (Lipinski definition) is 4. The van der Waals surface area contributed by atoms with Crippen LogP contribution in [0, 0.1) is 0 Å². The number of aryl methyl sites for hydroxylation is 2. The Morgan fingerprint density at radius 1 is 1.20 bits per heavy atom. The predicted octanol–water partition coefficient (Wildman–Crippen LogP) is 3.20. The highest BCUT2D eigenvalue weighted by molar-refractivity contribution is 7.14. The molecule has 25 heavy (non-hydrogen) atoms. The van der Waals surface area contributed by atoms with Gasteiger partial charge in [-0.2, -0.15) is 0 Å². The van der Waals surface area contributed by atoms with E-state index in [4.69, 9.17) is 4.74 Å². The Hall–Kier alpha value is -2.34. The van der Waals surface area contributed by atoms with Crippen LogP contribution in [0.2, 0.25) is 0 Å². The van der Waals surface area contributed by atoms with Gasteiger partial charge in [-0.05, 0) is 54.5 Å². The number of hydrogen-bond donors (Lipinski definition) is 2. The van der Waals surface area contributed by atoms with Crippen molar-refractivity contribution in [2.45, 2.75) is 39.0 Å². The number of carbonyl (C=O) groups excluding carboxylic acids is 2. The quantitative estimate of drug-likeness (QED) is 0.807. The van der Waals surface area contributed by atoms with E-state index in [9.17, 15) is 9.59 Å². The van der Waals surface area contributed by atoms with Gasteiger partial charge in [0.15, 0.2) is 6.61 Å². The first-order valence-electron chi connectivity index (χ1n) is 8.46. The van der Waals surface area contributed by atoms with Gasteiger partial charge >= 0.3 is 0 Å². The molecule has 1 aliphatic carbocycles. The lowest BCUT2D eigenvalue weighted by Gasteiger charge is -2.10. The topological polar surface area (TPSA) is 67.4 Å². The zero-order chi connectivity index (χ0) is 17.8. The smallest absolute Gasteiger partial charge is 0.279 e. The van der Waals surface area contributed by atoms with E-state index in [2.05, 4.69) is 24.7 Å². The van der Waals surface area contributed by atoms with Crippen molar-refractivity contribution in [2.24, 2.45) is 0 Å². The molecule has 0 spiro atoms. The summed E-state index contributed by atoms with van der Waals surface area (Å²) in [6, 6.07) is 9.58. The highest BCUT2D eigenvalue weighted by Gasteiger charge is 2.18. The molecule has 1 aliphatic rings. The first kappa shape index (κ1) is 17.5. The Labute approximate surface area is 151 Å². The van der Waals surface area contributed by atoms with Crippen molar-refractivity contribution in [3.63, 3.8) is 0 Å². The SMILES string of the molecule is CC(C)c1cccc(OCC(=O)NNC(=O)c2cc3c(s2)CCC3)c1. The molecule has 3 rings (SSSR count). The number of thiophene rings is 1. The molecular formula is C19H22N2O3S. The van der Waals surface area contributed by atoms with Crippen LogP contribution in [-0.2, 0) is 17.6 Å². The lowest BCUT2D eigenvalue weighted by atomic mass is 10.0. The molecule has 1 aromatic carbocycles. The largest absolute Gasteiger partial charge is 0.484 e. The second-order valence-electron chi connectivity index (χ2n) is 6.43. The molecule has 0 radical (unpaired) electrons. The number of fused-ring (bicyclic) bond motifs is 1. The van der Waals surface area contributed by atoms with Gasteiger partial charge in [-0.1, -0.05) is 26.0 Å². The van der Waals surface area contributed by atoms with Gasteiger partial charge in [0.25, 0.3) is 11.8 Å². The Morgan fingerprint density at radius 3 is 2.80 bits per heavy atom. The fourth-order valence-electron chi connectivity index (χ4n) is 2.78. The number of rotatable bonds is 5. The third kappa shape index (κ3) is 4.39. The van der Waals surface area contributed by atoms with Crippen molar-refractivity contribution in [1.29, 1.82) is 0 Å². The van der Waals surface area contributed by atoms with Crippen molar-refractivity contribution >= 4 is 23.2 Å². The van der Waals surface area contributed by atoms with Crippen LogP contribution in [0.3, 0.4) is 0 Å². The van der Waals surface area contributed by atoms with Crippen LogP contribution in [-0.4, -0.2) is 18.4 Å². The first-order chi connectivity index (χ1) is 12.0. The van der Waals surface area contributed by atoms with E-state index in [1.165, 1.54) is 21.8 Å². The minimum Gasteiger partial charge on any atom is -0.484 e. The molecule has 2 aromatic rings. The highest BCUT2D eigenvalue weighted by atomic mass is 32.1. The van der Waals surface area contributed by atoms with Crippen LogP contribution in [0.15, 0.2) is 30.3 Å². The molecule has 1 aromatic heterocycles. The van der Waals surface area contributed by atoms with Gasteiger partial charge in [0.05, 0.1) is 4.88 Å². The second-order valence-corrected chi connectivity index (χ2v) is 7.57. The molecule has 2 N–H and O–H groups in total. The minimum atomic E-state index is -0.396. The maximum absolute atomic E-state index is 12.1. The number of benzene rings is 1. The van der Waals surface area contributed by atoms with Crippen molar-refractivity contribution in [1.82, 2.24) is 10.9 Å². The maximum Gasteiger partial charge on any atom is 0.279 e. The summed E-state index contributed by atoms with van der Waals surface area (Å²) < 4.78 is 5.49. The Bertz CT molecular complexity index is 761. The van der Waals surface area contributed by atoms with Crippen molar-refractivity contribution < 1.29 is 14.3 Å². The molecule has 0 saturated carbocycles. The van der Waals surface area contributed by atoms with Crippen molar-refractivity contribution in [3.05, 3.63) is 51.2 Å². The van der Waals surface area contributed by atoms with Crippen molar-refractivity contribution in [3.8, 4) is 5.75 Å². The van der Waals surface area contributed by atoms with Crippen LogP contribution in [0.1, 0.15) is 51.9 Å². The Balaban J connectivity index is 1.46. The van der Waals surface area contributed by atoms with Crippen LogP contribution >= 0.6 is 11.3 Å². The van der Waals surface area contributed by atoms with E-state index in [-0.39, 0.29) is 12.5 Å². The number of amides is 2. The van der Waals surface area contributed by atoms with Gasteiger partial charge < -0.3 is 4.74 Å². The Morgan fingerprint density at radius 2 is 2.04 bits per heavy atom. The molecule has 5 nitrogen and oxygen atoms in total. The summed E-state index contributed by atoms with van der Waals surface area (Å²) in [5, 5.41) is 0. The summed E-state index contributed by atoms with van der Waals surface area (Å²) in [5.41, 5.74) is 7.25. The molecule has 0 unspecified atom stereocenters. The summed E-state index contributed by atoms with van der Waals surface area (Å²) in [7, 11) is 0. The summed E-state index contributed by atoms with van der Waals surface area (Å²) in [6.07, 6.45) is 3.24. The summed E-state index contributed by atoms with van der Waals surface area (Å²) >= 11 is 1.50. The lowest BCUT2D eigenvalue weighted by Crippen LogP contribution is -2.43. The third-order valence-corrected chi connectivity index (χ3v) is 5.42. The summed E-state index contributed by atoms with van der Waals surface area (Å²) in [5.74, 6) is 0.355. The predicted molar refractivity (Wildman–Crippen MR) is 98.0 cm³/mol. The summed E-state index contributed by atoms with van der Waals surface area (Å²) in [6.45, 7) is 4.05. The monoisotopic (exact) mass is 358 g/mol. The molecule has 2 amide bonds. The van der Waals surface area contributed by atoms with Crippen LogP contribution < -0.4 is 15.6 Å².